The minimum Gasteiger partial charge on any atom is -0.493 e. The Hall–Kier alpha value is -2.90. The van der Waals surface area contributed by atoms with Crippen LogP contribution in [0.3, 0.4) is 0 Å². The number of carboxylic acids is 1. The summed E-state index contributed by atoms with van der Waals surface area (Å²) >= 11 is 0. The second kappa shape index (κ2) is 13.1. The van der Waals surface area contributed by atoms with Crippen molar-refractivity contribution in [1.82, 2.24) is 9.80 Å². The maximum Gasteiger partial charge on any atom is 0.327 e. The Morgan fingerprint density at radius 1 is 0.946 bits per heavy atom. The van der Waals surface area contributed by atoms with Gasteiger partial charge >= 0.3 is 11.9 Å². The fraction of sp³-hybridized carbons (Fsp3) is 0.533. The molecule has 1 N–H and O–H groups in total. The number of likely N-dealkylation sites (N-methyl/N-ethyl adjacent to an activating group) is 1. The molecule has 37 heavy (non-hydrogen) atoms. The van der Waals surface area contributed by atoms with Gasteiger partial charge < -0.3 is 19.5 Å². The van der Waals surface area contributed by atoms with Crippen LogP contribution in [0.1, 0.15) is 43.2 Å². The summed E-state index contributed by atoms with van der Waals surface area (Å²) in [6, 6.07) is 18.5. The molecule has 7 nitrogen and oxygen atoms in total. The molecule has 2 unspecified atom stereocenters. The van der Waals surface area contributed by atoms with Crippen LogP contribution in [0.5, 0.6) is 5.75 Å². The van der Waals surface area contributed by atoms with E-state index in [-0.39, 0.29) is 12.6 Å². The first-order valence-electron chi connectivity index (χ1n) is 13.6. The number of piperazine rings is 1. The molecule has 7 heteroatoms. The smallest absolute Gasteiger partial charge is 0.327 e. The van der Waals surface area contributed by atoms with Gasteiger partial charge in [0.05, 0.1) is 19.1 Å². The van der Waals surface area contributed by atoms with Crippen LogP contribution in [0.15, 0.2) is 54.6 Å². The minimum atomic E-state index is -1.07. The number of esters is 1. The monoisotopic (exact) mass is 508 g/mol. The van der Waals surface area contributed by atoms with E-state index in [4.69, 9.17) is 9.47 Å². The van der Waals surface area contributed by atoms with Crippen molar-refractivity contribution in [3.8, 4) is 5.75 Å². The average molecular weight is 509 g/mol. The fourth-order valence-corrected chi connectivity index (χ4v) is 5.75. The molecule has 2 aromatic rings. The van der Waals surface area contributed by atoms with E-state index >= 15 is 0 Å². The van der Waals surface area contributed by atoms with E-state index in [0.29, 0.717) is 39.0 Å². The van der Waals surface area contributed by atoms with Crippen LogP contribution >= 0.6 is 0 Å². The van der Waals surface area contributed by atoms with E-state index in [1.807, 2.05) is 24.3 Å². The van der Waals surface area contributed by atoms with Crippen LogP contribution in [0.25, 0.3) is 0 Å². The van der Waals surface area contributed by atoms with Gasteiger partial charge in [-0.05, 0) is 49.9 Å². The summed E-state index contributed by atoms with van der Waals surface area (Å²) in [6.07, 6.45) is 5.11. The van der Waals surface area contributed by atoms with Crippen LogP contribution < -0.4 is 4.74 Å². The van der Waals surface area contributed by atoms with Crippen molar-refractivity contribution in [2.45, 2.75) is 50.5 Å². The van der Waals surface area contributed by atoms with Gasteiger partial charge in [0.2, 0.25) is 0 Å². The zero-order chi connectivity index (χ0) is 26.1. The largest absolute Gasteiger partial charge is 0.493 e. The molecule has 0 bridgehead atoms. The van der Waals surface area contributed by atoms with Crippen LogP contribution in [-0.2, 0) is 27.2 Å². The summed E-state index contributed by atoms with van der Waals surface area (Å²) in [5, 5.41) is 10.0. The summed E-state index contributed by atoms with van der Waals surface area (Å²) in [7, 11) is 2.05. The average Bonchev–Trinajstić information content (AvgIpc) is 2.93. The van der Waals surface area contributed by atoms with E-state index in [9.17, 15) is 14.7 Å². The number of nitrogens with zero attached hydrogens (tertiary/aromatic N) is 2. The lowest BCUT2D eigenvalue weighted by Gasteiger charge is -2.50. The van der Waals surface area contributed by atoms with Gasteiger partial charge in [0.1, 0.15) is 11.3 Å². The van der Waals surface area contributed by atoms with E-state index in [0.717, 1.165) is 50.1 Å². The molecule has 200 valence electrons. The van der Waals surface area contributed by atoms with Crippen LogP contribution in [0.2, 0.25) is 0 Å². The fourth-order valence-electron chi connectivity index (χ4n) is 5.75. The minimum absolute atomic E-state index is 0.215. The van der Waals surface area contributed by atoms with Crippen molar-refractivity contribution in [1.29, 1.82) is 0 Å². The molecular formula is C30H40N2O5. The Bertz CT molecular complexity index is 1020. The molecule has 1 saturated carbocycles. The van der Waals surface area contributed by atoms with Crippen molar-refractivity contribution in [2.75, 3.05) is 46.4 Å². The van der Waals surface area contributed by atoms with Gasteiger partial charge in [-0.3, -0.25) is 14.5 Å². The number of para-hydroxylation sites is 1. The molecule has 0 amide bonds. The van der Waals surface area contributed by atoms with Gasteiger partial charge in [-0.1, -0.05) is 61.4 Å². The second-order valence-electron chi connectivity index (χ2n) is 10.3. The molecule has 1 aliphatic heterocycles. The molecule has 1 heterocycles. The predicted octanol–water partition coefficient (Wildman–Crippen LogP) is 4.04. The van der Waals surface area contributed by atoms with Gasteiger partial charge in [0.25, 0.3) is 0 Å². The number of aliphatic carboxylic acids is 1. The van der Waals surface area contributed by atoms with Crippen molar-refractivity contribution in [2.24, 2.45) is 5.92 Å². The molecular weight excluding hydrogens is 468 g/mol. The lowest BCUT2D eigenvalue weighted by Crippen LogP contribution is -2.66. The van der Waals surface area contributed by atoms with Crippen LogP contribution in [0.4, 0.5) is 0 Å². The quantitative estimate of drug-likeness (QED) is 0.362. The van der Waals surface area contributed by atoms with Gasteiger partial charge in [-0.15, -0.1) is 0 Å². The Morgan fingerprint density at radius 3 is 2.43 bits per heavy atom. The maximum absolute atomic E-state index is 13.5. The van der Waals surface area contributed by atoms with Gasteiger partial charge in [-0.25, -0.2) is 0 Å². The van der Waals surface area contributed by atoms with E-state index < -0.39 is 17.4 Å². The molecule has 0 aromatic heterocycles. The summed E-state index contributed by atoms with van der Waals surface area (Å²) in [5.41, 5.74) is 1.38. The number of carbonyl (C=O) groups excluding carboxylic acids is 1. The van der Waals surface area contributed by atoms with E-state index in [1.54, 1.807) is 0 Å². The Balaban J connectivity index is 1.32. The zero-order valence-electron chi connectivity index (χ0n) is 21.9. The SMILES string of the molecule is CN1CCN(C2(C(=O)OCCCOc3ccccc3CCc3ccccc3)CCCCC2C(=O)O)CC1. The molecule has 4 rings (SSSR count). The van der Waals surface area contributed by atoms with Crippen molar-refractivity contribution >= 4 is 11.9 Å². The zero-order valence-corrected chi connectivity index (χ0v) is 21.9. The number of aryl methyl sites for hydroxylation is 2. The summed E-state index contributed by atoms with van der Waals surface area (Å²) < 4.78 is 11.8. The number of benzene rings is 2. The first-order chi connectivity index (χ1) is 18.0. The normalized spacial score (nSPS) is 22.9. The number of rotatable bonds is 11. The van der Waals surface area contributed by atoms with Crippen LogP contribution in [0, 0.1) is 5.92 Å². The highest BCUT2D eigenvalue weighted by atomic mass is 16.5. The first kappa shape index (κ1) is 27.1. The topological polar surface area (TPSA) is 79.3 Å². The first-order valence-corrected chi connectivity index (χ1v) is 13.6. The number of ether oxygens (including phenoxy) is 2. The standard InChI is InChI=1S/C30H40N2O5/c1-31-18-20-32(21-19-31)30(17-8-7-13-26(30)28(33)34)29(35)37-23-9-22-36-27-14-6-5-12-25(27)16-15-24-10-3-2-4-11-24/h2-6,10-12,14,26H,7-9,13,15-23H2,1H3,(H,33,34). The third-order valence-electron chi connectivity index (χ3n) is 7.87. The number of hydrogen-bond acceptors (Lipinski definition) is 6. The molecule has 1 aliphatic carbocycles. The maximum atomic E-state index is 13.5. The summed E-state index contributed by atoms with van der Waals surface area (Å²) in [6.45, 7) is 3.64. The molecule has 0 spiro atoms. The highest BCUT2D eigenvalue weighted by molar-refractivity contribution is 5.88. The summed E-state index contributed by atoms with van der Waals surface area (Å²) in [4.78, 5) is 30.1. The summed E-state index contributed by atoms with van der Waals surface area (Å²) in [5.74, 6) is -1.15. The molecule has 2 fully saturated rings. The highest BCUT2D eigenvalue weighted by Crippen LogP contribution is 2.40. The van der Waals surface area contributed by atoms with E-state index in [1.165, 1.54) is 5.56 Å². The molecule has 2 aromatic carbocycles. The molecule has 2 aliphatic rings. The van der Waals surface area contributed by atoms with Crippen molar-refractivity contribution in [3.63, 3.8) is 0 Å². The third-order valence-corrected chi connectivity index (χ3v) is 7.87. The second-order valence-corrected chi connectivity index (χ2v) is 10.3. The lowest BCUT2D eigenvalue weighted by atomic mass is 9.71. The predicted molar refractivity (Wildman–Crippen MR) is 143 cm³/mol. The molecule has 0 radical (unpaired) electrons. The number of carbonyl (C=O) groups is 2. The Labute approximate surface area is 220 Å². The Morgan fingerprint density at radius 2 is 1.68 bits per heavy atom. The van der Waals surface area contributed by atoms with Crippen molar-refractivity contribution in [3.05, 3.63) is 65.7 Å². The number of carboxylic acid groups (broad SMARTS) is 1. The highest BCUT2D eigenvalue weighted by Gasteiger charge is 2.55. The molecule has 1 saturated heterocycles. The van der Waals surface area contributed by atoms with E-state index in [2.05, 4.69) is 47.2 Å². The third kappa shape index (κ3) is 6.70. The van der Waals surface area contributed by atoms with Gasteiger partial charge in [-0.2, -0.15) is 0 Å². The van der Waals surface area contributed by atoms with Crippen molar-refractivity contribution < 1.29 is 24.2 Å². The van der Waals surface area contributed by atoms with Gasteiger partial charge in [0, 0.05) is 32.6 Å². The number of hydrogen-bond donors (Lipinski definition) is 1. The van der Waals surface area contributed by atoms with Gasteiger partial charge in [0.15, 0.2) is 0 Å². The lowest BCUT2D eigenvalue weighted by molar-refractivity contribution is -0.176. The Kier molecular flexibility index (Phi) is 9.58. The van der Waals surface area contributed by atoms with Crippen LogP contribution in [-0.4, -0.2) is 78.8 Å². The molecule has 2 atom stereocenters.